The highest BCUT2D eigenvalue weighted by Gasteiger charge is 2.24. The van der Waals surface area contributed by atoms with Gasteiger partial charge in [0, 0.05) is 18.6 Å². The fourth-order valence-electron chi connectivity index (χ4n) is 2.08. The monoisotopic (exact) mass is 278 g/mol. The highest BCUT2D eigenvalue weighted by molar-refractivity contribution is 4.74. The van der Waals surface area contributed by atoms with Gasteiger partial charge in [0.15, 0.2) is 0 Å². The van der Waals surface area contributed by atoms with Crippen molar-refractivity contribution in [1.29, 1.82) is 0 Å². The van der Waals surface area contributed by atoms with Gasteiger partial charge in [0.2, 0.25) is 0 Å². The molecule has 0 bridgehead atoms. The quantitative estimate of drug-likeness (QED) is 0.476. The lowest BCUT2D eigenvalue weighted by Crippen LogP contribution is -2.32. The molecule has 0 amide bonds. The van der Waals surface area contributed by atoms with E-state index in [1.54, 1.807) is 0 Å². The summed E-state index contributed by atoms with van der Waals surface area (Å²) in [6.07, 6.45) is 4.99. The molecule has 1 aliphatic carbocycles. The summed E-state index contributed by atoms with van der Waals surface area (Å²) >= 11 is 0. The molecule has 0 radical (unpaired) electrons. The van der Waals surface area contributed by atoms with Gasteiger partial charge in [0.25, 0.3) is 0 Å². The van der Waals surface area contributed by atoms with Crippen LogP contribution in [0.15, 0.2) is 0 Å². The van der Waals surface area contributed by atoms with E-state index in [1.165, 1.54) is 0 Å². The molecular formula is C14H30O5. The van der Waals surface area contributed by atoms with Gasteiger partial charge in [-0.25, -0.2) is 0 Å². The number of aliphatic hydroxyl groups excluding tert-OH is 5. The highest BCUT2D eigenvalue weighted by Crippen LogP contribution is 2.27. The van der Waals surface area contributed by atoms with Crippen LogP contribution in [0.4, 0.5) is 0 Å². The van der Waals surface area contributed by atoms with Crippen LogP contribution in [-0.4, -0.2) is 58.6 Å². The van der Waals surface area contributed by atoms with Gasteiger partial charge < -0.3 is 25.5 Å². The summed E-state index contributed by atoms with van der Waals surface area (Å²) in [5.74, 6) is 1.03. The van der Waals surface area contributed by atoms with Crippen LogP contribution < -0.4 is 0 Å². The predicted molar refractivity (Wildman–Crippen MR) is 73.6 cm³/mol. The molecule has 0 heterocycles. The summed E-state index contributed by atoms with van der Waals surface area (Å²) < 4.78 is 0. The summed E-state index contributed by atoms with van der Waals surface area (Å²) in [6.45, 7) is 2.02. The van der Waals surface area contributed by atoms with Crippen LogP contribution in [-0.2, 0) is 0 Å². The molecule has 5 nitrogen and oxygen atoms in total. The fraction of sp³-hybridized carbons (Fsp3) is 1.00. The lowest BCUT2D eigenvalue weighted by atomic mass is 9.83. The van der Waals surface area contributed by atoms with Gasteiger partial charge in [-0.2, -0.15) is 0 Å². The average molecular weight is 278 g/mol. The topological polar surface area (TPSA) is 101 Å². The van der Waals surface area contributed by atoms with Gasteiger partial charge in [-0.3, -0.25) is 0 Å². The molecule has 5 N–H and O–H groups in total. The van der Waals surface area contributed by atoms with Gasteiger partial charge in [-0.1, -0.05) is 6.92 Å². The van der Waals surface area contributed by atoms with Crippen LogP contribution in [0.25, 0.3) is 0 Å². The average Bonchev–Trinajstić information content (AvgIpc) is 2.51. The number of hydrogen-bond acceptors (Lipinski definition) is 5. The van der Waals surface area contributed by atoms with Crippen LogP contribution >= 0.6 is 0 Å². The van der Waals surface area contributed by atoms with Gasteiger partial charge in [-0.05, 0) is 43.9 Å². The Bertz CT molecular complexity index is 169. The van der Waals surface area contributed by atoms with Gasteiger partial charge in [0.05, 0.1) is 19.8 Å². The Labute approximate surface area is 115 Å². The minimum Gasteiger partial charge on any atom is -0.396 e. The van der Waals surface area contributed by atoms with Gasteiger partial charge >= 0.3 is 0 Å². The number of hydrogen-bond donors (Lipinski definition) is 5. The van der Waals surface area contributed by atoms with Crippen molar-refractivity contribution in [2.45, 2.75) is 39.0 Å². The van der Waals surface area contributed by atoms with E-state index >= 15 is 0 Å². The Morgan fingerprint density at radius 1 is 0.737 bits per heavy atom. The van der Waals surface area contributed by atoms with E-state index in [-0.39, 0.29) is 19.8 Å². The third-order valence-electron chi connectivity index (χ3n) is 4.24. The van der Waals surface area contributed by atoms with Crippen LogP contribution in [0.1, 0.15) is 39.0 Å². The summed E-state index contributed by atoms with van der Waals surface area (Å²) in [6, 6.07) is 0. The minimum atomic E-state index is -0.667. The van der Waals surface area contributed by atoms with Crippen molar-refractivity contribution in [2.75, 3.05) is 33.0 Å². The molecule has 1 aliphatic rings. The van der Waals surface area contributed by atoms with Crippen molar-refractivity contribution in [3.63, 3.8) is 0 Å². The summed E-state index contributed by atoms with van der Waals surface area (Å²) in [5, 5.41) is 43.5. The number of rotatable bonds is 6. The number of aliphatic hydroxyl groups is 5. The maximum atomic E-state index is 8.79. The van der Waals surface area contributed by atoms with Crippen LogP contribution in [0, 0.1) is 17.3 Å². The van der Waals surface area contributed by atoms with E-state index in [1.807, 2.05) is 6.92 Å². The largest absolute Gasteiger partial charge is 0.396 e. The lowest BCUT2D eigenvalue weighted by molar-refractivity contribution is 0.00304. The first kappa shape index (κ1) is 18.8. The van der Waals surface area contributed by atoms with Crippen molar-refractivity contribution >= 4 is 0 Å². The molecule has 19 heavy (non-hydrogen) atoms. The highest BCUT2D eigenvalue weighted by atomic mass is 16.3. The maximum absolute atomic E-state index is 8.79. The molecule has 0 aliphatic heterocycles. The van der Waals surface area contributed by atoms with E-state index in [4.69, 9.17) is 25.5 Å². The van der Waals surface area contributed by atoms with Crippen molar-refractivity contribution in [2.24, 2.45) is 17.3 Å². The SMILES string of the molecule is CCC(CO)(CO)CO.OCC1CCC(CO)CC1. The van der Waals surface area contributed by atoms with Crippen molar-refractivity contribution < 1.29 is 25.5 Å². The first-order chi connectivity index (χ1) is 9.11. The Hall–Kier alpha value is -0.200. The zero-order chi connectivity index (χ0) is 14.7. The van der Waals surface area contributed by atoms with Gasteiger partial charge in [0.1, 0.15) is 0 Å². The molecule has 0 atom stereocenters. The van der Waals surface area contributed by atoms with Crippen LogP contribution in [0.2, 0.25) is 0 Å². The molecule has 116 valence electrons. The zero-order valence-corrected chi connectivity index (χ0v) is 12.0. The molecule has 5 heteroatoms. The molecule has 1 saturated carbocycles. The summed E-state index contributed by atoms with van der Waals surface area (Å²) in [4.78, 5) is 0. The van der Waals surface area contributed by atoms with Crippen molar-refractivity contribution in [1.82, 2.24) is 0 Å². The normalized spacial score (nSPS) is 23.7. The fourth-order valence-corrected chi connectivity index (χ4v) is 2.08. The first-order valence-electron chi connectivity index (χ1n) is 7.15. The summed E-state index contributed by atoms with van der Waals surface area (Å²) in [7, 11) is 0. The van der Waals surface area contributed by atoms with Crippen molar-refractivity contribution in [3.8, 4) is 0 Å². The zero-order valence-electron chi connectivity index (χ0n) is 12.0. The summed E-state index contributed by atoms with van der Waals surface area (Å²) in [5.41, 5.74) is -0.667. The Morgan fingerprint density at radius 2 is 1.05 bits per heavy atom. The second kappa shape index (κ2) is 10.6. The molecule has 0 spiro atoms. The molecular weight excluding hydrogens is 248 g/mol. The second-order valence-electron chi connectivity index (χ2n) is 5.58. The Balaban J connectivity index is 0.000000344. The van der Waals surface area contributed by atoms with E-state index in [9.17, 15) is 0 Å². The smallest absolute Gasteiger partial charge is 0.0531 e. The lowest BCUT2D eigenvalue weighted by Gasteiger charge is -2.25. The molecule has 0 aromatic carbocycles. The Kier molecular flexibility index (Phi) is 10.5. The standard InChI is InChI=1S/C8H16O2.C6H14O3/c9-5-7-1-2-8(6-10)4-3-7;1-2-6(3-7,4-8)5-9/h7-10H,1-6H2;7-9H,2-5H2,1H3. The Morgan fingerprint density at radius 3 is 1.16 bits per heavy atom. The maximum Gasteiger partial charge on any atom is 0.0531 e. The van der Waals surface area contributed by atoms with Crippen LogP contribution in [0.5, 0.6) is 0 Å². The predicted octanol–water partition coefficient (Wildman–Crippen LogP) is 0.137. The third kappa shape index (κ3) is 6.68. The third-order valence-corrected chi connectivity index (χ3v) is 4.24. The molecule has 0 aromatic heterocycles. The van der Waals surface area contributed by atoms with Crippen molar-refractivity contribution in [3.05, 3.63) is 0 Å². The first-order valence-corrected chi connectivity index (χ1v) is 7.15. The molecule has 1 fully saturated rings. The molecule has 0 aromatic rings. The molecule has 0 unspecified atom stereocenters. The minimum absolute atomic E-state index is 0.156. The van der Waals surface area contributed by atoms with E-state index in [0.717, 1.165) is 25.7 Å². The molecule has 0 saturated heterocycles. The second-order valence-corrected chi connectivity index (χ2v) is 5.58. The van der Waals surface area contributed by atoms with Crippen LogP contribution in [0.3, 0.4) is 0 Å². The van der Waals surface area contributed by atoms with E-state index in [0.29, 0.717) is 31.5 Å². The van der Waals surface area contributed by atoms with Gasteiger partial charge in [-0.15, -0.1) is 0 Å². The van der Waals surface area contributed by atoms with E-state index < -0.39 is 5.41 Å². The molecule has 1 rings (SSSR count). The van der Waals surface area contributed by atoms with E-state index in [2.05, 4.69) is 0 Å².